The van der Waals surface area contributed by atoms with E-state index in [0.717, 1.165) is 22.2 Å². The van der Waals surface area contributed by atoms with E-state index in [1.54, 1.807) is 13.3 Å². The predicted molar refractivity (Wildman–Crippen MR) is 60.8 cm³/mol. The largest absolute Gasteiger partial charge is 0.497 e. The molecule has 2 heterocycles. The van der Waals surface area contributed by atoms with Crippen LogP contribution in [0, 0.1) is 0 Å². The Labute approximate surface area is 90.1 Å². The Balaban J connectivity index is 2.48. The average Bonchev–Trinajstić information content (AvgIpc) is 2.70. The van der Waals surface area contributed by atoms with E-state index in [9.17, 15) is 4.79 Å². The van der Waals surface area contributed by atoms with Crippen molar-refractivity contribution < 1.29 is 4.74 Å². The predicted octanol–water partition coefficient (Wildman–Crippen LogP) is 1.41. The highest BCUT2D eigenvalue weighted by Gasteiger charge is 2.06. The van der Waals surface area contributed by atoms with Crippen LogP contribution in [0.2, 0.25) is 0 Å². The number of fused-ring (bicyclic) bond motifs is 3. The van der Waals surface area contributed by atoms with Gasteiger partial charge in [-0.1, -0.05) is 0 Å². The number of ether oxygens (including phenoxy) is 1. The molecule has 2 aromatic heterocycles. The summed E-state index contributed by atoms with van der Waals surface area (Å²) in [5.74, 6) is 0.747. The van der Waals surface area contributed by atoms with Crippen LogP contribution in [0.4, 0.5) is 0 Å². The van der Waals surface area contributed by atoms with Gasteiger partial charge in [-0.25, -0.2) is 0 Å². The molecule has 5 nitrogen and oxygen atoms in total. The van der Waals surface area contributed by atoms with Crippen LogP contribution in [0.5, 0.6) is 5.75 Å². The zero-order valence-corrected chi connectivity index (χ0v) is 8.57. The Morgan fingerprint density at radius 1 is 1.25 bits per heavy atom. The van der Waals surface area contributed by atoms with E-state index in [4.69, 9.17) is 4.74 Å². The van der Waals surface area contributed by atoms with Gasteiger partial charge in [-0.15, -0.1) is 0 Å². The molecule has 1 aromatic carbocycles. The molecule has 0 aliphatic heterocycles. The molecule has 0 saturated carbocycles. The quantitative estimate of drug-likeness (QED) is 0.644. The second kappa shape index (κ2) is 3.10. The standard InChI is InChI=1S/C11H9N3O2/c1-16-6-2-3-7-9(4-6)12-5-8-10(7)13-14-11(8)15/h2-5H,1H3,(H2,13,14,15). The lowest BCUT2D eigenvalue weighted by Gasteiger charge is -2.01. The first-order chi connectivity index (χ1) is 7.79. The highest BCUT2D eigenvalue weighted by molar-refractivity contribution is 6.02. The summed E-state index contributed by atoms with van der Waals surface area (Å²) in [7, 11) is 1.61. The number of methoxy groups -OCH3 is 1. The molecule has 5 heteroatoms. The SMILES string of the molecule is COc1ccc2c(c1)ncc1c(=O)[nH][nH]c12. The lowest BCUT2D eigenvalue weighted by molar-refractivity contribution is 0.415. The van der Waals surface area contributed by atoms with Gasteiger partial charge in [-0.3, -0.25) is 20.0 Å². The van der Waals surface area contributed by atoms with Gasteiger partial charge in [0.2, 0.25) is 0 Å². The van der Waals surface area contributed by atoms with Gasteiger partial charge in [0.1, 0.15) is 5.75 Å². The van der Waals surface area contributed by atoms with Crippen molar-refractivity contribution in [2.45, 2.75) is 0 Å². The summed E-state index contributed by atoms with van der Waals surface area (Å²) >= 11 is 0. The molecular weight excluding hydrogens is 206 g/mol. The molecule has 0 bridgehead atoms. The zero-order chi connectivity index (χ0) is 11.1. The number of aromatic nitrogens is 3. The number of benzene rings is 1. The number of nitrogens with zero attached hydrogens (tertiary/aromatic N) is 1. The lowest BCUT2D eigenvalue weighted by atomic mass is 10.1. The highest BCUT2D eigenvalue weighted by atomic mass is 16.5. The normalized spacial score (nSPS) is 11.1. The van der Waals surface area contributed by atoms with Crippen molar-refractivity contribution in [3.05, 3.63) is 34.7 Å². The first kappa shape index (κ1) is 8.96. The van der Waals surface area contributed by atoms with E-state index in [1.807, 2.05) is 18.2 Å². The molecule has 3 rings (SSSR count). The van der Waals surface area contributed by atoms with Crippen LogP contribution in [-0.2, 0) is 0 Å². The maximum atomic E-state index is 11.4. The first-order valence-corrected chi connectivity index (χ1v) is 4.83. The molecule has 2 N–H and O–H groups in total. The number of aromatic amines is 2. The third-order valence-corrected chi connectivity index (χ3v) is 2.62. The third kappa shape index (κ3) is 1.11. The van der Waals surface area contributed by atoms with Crippen LogP contribution in [0.25, 0.3) is 21.8 Å². The number of hydrogen-bond donors (Lipinski definition) is 2. The number of hydrogen-bond acceptors (Lipinski definition) is 3. The van der Waals surface area contributed by atoms with Gasteiger partial charge >= 0.3 is 0 Å². The molecule has 0 aliphatic rings. The molecule has 0 atom stereocenters. The monoisotopic (exact) mass is 215 g/mol. The maximum absolute atomic E-state index is 11.4. The second-order valence-electron chi connectivity index (χ2n) is 3.51. The second-order valence-corrected chi connectivity index (χ2v) is 3.51. The van der Waals surface area contributed by atoms with Crippen LogP contribution in [0.1, 0.15) is 0 Å². The molecule has 3 aromatic rings. The van der Waals surface area contributed by atoms with Crippen molar-refractivity contribution in [3.8, 4) is 5.75 Å². The van der Waals surface area contributed by atoms with E-state index in [1.165, 1.54) is 0 Å². The van der Waals surface area contributed by atoms with Gasteiger partial charge in [-0.05, 0) is 12.1 Å². The Bertz CT molecular complexity index is 727. The van der Waals surface area contributed by atoms with Crippen LogP contribution in [-0.4, -0.2) is 22.3 Å². The topological polar surface area (TPSA) is 70.8 Å². The molecule has 0 fully saturated rings. The van der Waals surface area contributed by atoms with Crippen LogP contribution in [0.15, 0.2) is 29.2 Å². The van der Waals surface area contributed by atoms with Gasteiger partial charge in [0.25, 0.3) is 5.56 Å². The number of pyridine rings is 1. The third-order valence-electron chi connectivity index (χ3n) is 2.62. The fourth-order valence-electron chi connectivity index (χ4n) is 1.79. The molecule has 0 unspecified atom stereocenters. The smallest absolute Gasteiger partial charge is 0.273 e. The summed E-state index contributed by atoms with van der Waals surface area (Å²) in [6, 6.07) is 5.56. The summed E-state index contributed by atoms with van der Waals surface area (Å²) in [6.07, 6.45) is 1.56. The molecule has 0 aliphatic carbocycles. The van der Waals surface area contributed by atoms with Gasteiger partial charge in [0.05, 0.1) is 23.5 Å². The summed E-state index contributed by atoms with van der Waals surface area (Å²) in [6.45, 7) is 0. The van der Waals surface area contributed by atoms with Crippen molar-refractivity contribution in [2.24, 2.45) is 0 Å². The highest BCUT2D eigenvalue weighted by Crippen LogP contribution is 2.23. The molecule has 0 spiro atoms. The summed E-state index contributed by atoms with van der Waals surface area (Å²) in [5, 5.41) is 6.86. The van der Waals surface area contributed by atoms with Crippen LogP contribution in [0.3, 0.4) is 0 Å². The first-order valence-electron chi connectivity index (χ1n) is 4.83. The van der Waals surface area contributed by atoms with E-state index in [2.05, 4.69) is 15.2 Å². The van der Waals surface area contributed by atoms with E-state index in [0.29, 0.717) is 5.39 Å². The fraction of sp³-hybridized carbons (Fsp3) is 0.0909. The number of rotatable bonds is 1. The van der Waals surface area contributed by atoms with Crippen molar-refractivity contribution in [1.29, 1.82) is 0 Å². The molecule has 0 saturated heterocycles. The number of nitrogens with one attached hydrogen (secondary N) is 2. The zero-order valence-electron chi connectivity index (χ0n) is 8.57. The van der Waals surface area contributed by atoms with Crippen molar-refractivity contribution >= 4 is 21.8 Å². The van der Waals surface area contributed by atoms with E-state index >= 15 is 0 Å². The molecule has 80 valence electrons. The Morgan fingerprint density at radius 2 is 2.12 bits per heavy atom. The fourth-order valence-corrected chi connectivity index (χ4v) is 1.79. The summed E-state index contributed by atoms with van der Waals surface area (Å²) < 4.78 is 5.12. The summed E-state index contributed by atoms with van der Waals surface area (Å²) in [4.78, 5) is 15.6. The molecular formula is C11H9N3O2. The van der Waals surface area contributed by atoms with E-state index < -0.39 is 0 Å². The van der Waals surface area contributed by atoms with Gasteiger partial charge in [-0.2, -0.15) is 0 Å². The minimum atomic E-state index is -0.153. The van der Waals surface area contributed by atoms with E-state index in [-0.39, 0.29) is 5.56 Å². The lowest BCUT2D eigenvalue weighted by Crippen LogP contribution is -1.97. The minimum Gasteiger partial charge on any atom is -0.497 e. The Hall–Kier alpha value is -2.30. The number of H-pyrrole nitrogens is 2. The van der Waals surface area contributed by atoms with Crippen molar-refractivity contribution in [3.63, 3.8) is 0 Å². The van der Waals surface area contributed by atoms with Gasteiger partial charge < -0.3 is 4.74 Å². The van der Waals surface area contributed by atoms with Crippen molar-refractivity contribution in [2.75, 3.05) is 7.11 Å². The Morgan fingerprint density at radius 3 is 2.94 bits per heavy atom. The molecule has 0 radical (unpaired) electrons. The molecule has 0 amide bonds. The van der Waals surface area contributed by atoms with Crippen LogP contribution >= 0.6 is 0 Å². The van der Waals surface area contributed by atoms with Gasteiger partial charge in [0, 0.05) is 17.6 Å². The maximum Gasteiger partial charge on any atom is 0.273 e. The summed E-state index contributed by atoms with van der Waals surface area (Å²) in [5.41, 5.74) is 1.42. The van der Waals surface area contributed by atoms with Crippen molar-refractivity contribution in [1.82, 2.24) is 15.2 Å². The average molecular weight is 215 g/mol. The minimum absolute atomic E-state index is 0.153. The van der Waals surface area contributed by atoms with Gasteiger partial charge in [0.15, 0.2) is 0 Å². The van der Waals surface area contributed by atoms with Crippen LogP contribution < -0.4 is 10.3 Å². The molecule has 16 heavy (non-hydrogen) atoms. The Kier molecular flexibility index (Phi) is 1.73.